The van der Waals surface area contributed by atoms with Gasteiger partial charge in [0, 0.05) is 47.2 Å². The van der Waals surface area contributed by atoms with Crippen molar-refractivity contribution in [2.24, 2.45) is 0 Å². The fourth-order valence-electron chi connectivity index (χ4n) is 2.55. The smallest absolute Gasteiger partial charge is 0.255 e. The van der Waals surface area contributed by atoms with Crippen LogP contribution in [0.2, 0.25) is 5.02 Å². The summed E-state index contributed by atoms with van der Waals surface area (Å²) in [4.78, 5) is 35.8. The summed E-state index contributed by atoms with van der Waals surface area (Å²) in [5, 5.41) is 6.03. The average Bonchev–Trinajstić information content (AvgIpc) is 2.69. The number of aromatic nitrogens is 1. The summed E-state index contributed by atoms with van der Waals surface area (Å²) in [6.45, 7) is 0. The van der Waals surface area contributed by atoms with Crippen molar-refractivity contribution in [3.05, 3.63) is 88.3 Å². The summed E-state index contributed by atoms with van der Waals surface area (Å²) in [6, 6.07) is 18.6. The quantitative estimate of drug-likeness (QED) is 0.665. The lowest BCUT2D eigenvalue weighted by atomic mass is 10.2. The predicted octanol–water partition coefficient (Wildman–Crippen LogP) is 3.85. The van der Waals surface area contributed by atoms with Gasteiger partial charge < -0.3 is 10.6 Å². The molecule has 2 aromatic carbocycles. The minimum absolute atomic E-state index is 0.0549. The van der Waals surface area contributed by atoms with Gasteiger partial charge in [0.15, 0.2) is 0 Å². The molecule has 0 saturated heterocycles. The van der Waals surface area contributed by atoms with Gasteiger partial charge in [0.2, 0.25) is 11.8 Å². The van der Waals surface area contributed by atoms with Crippen LogP contribution in [0, 0.1) is 0 Å². The van der Waals surface area contributed by atoms with Gasteiger partial charge in [-0.1, -0.05) is 17.7 Å². The lowest BCUT2D eigenvalue weighted by Crippen LogP contribution is -2.17. The first kappa shape index (κ1) is 19.4. The van der Waals surface area contributed by atoms with E-state index in [4.69, 9.17) is 11.6 Å². The van der Waals surface area contributed by atoms with Gasteiger partial charge in [-0.15, -0.1) is 0 Å². The molecule has 1 aromatic heterocycles. The molecule has 7 heteroatoms. The van der Waals surface area contributed by atoms with Gasteiger partial charge in [-0.25, -0.2) is 0 Å². The number of rotatable bonds is 6. The highest BCUT2D eigenvalue weighted by molar-refractivity contribution is 6.30. The molecular weight excluding hydrogens is 378 g/mol. The molecule has 0 atom stereocenters. The van der Waals surface area contributed by atoms with Crippen LogP contribution in [0.25, 0.3) is 5.69 Å². The van der Waals surface area contributed by atoms with Gasteiger partial charge in [-0.3, -0.25) is 19.0 Å². The number of carbonyl (C=O) groups is 2. The Morgan fingerprint density at radius 1 is 0.786 bits per heavy atom. The zero-order chi connectivity index (χ0) is 19.9. The summed E-state index contributed by atoms with van der Waals surface area (Å²) < 4.78 is 1.51. The van der Waals surface area contributed by atoms with E-state index in [0.29, 0.717) is 22.1 Å². The second kappa shape index (κ2) is 9.01. The fourth-order valence-corrected chi connectivity index (χ4v) is 2.68. The molecule has 28 heavy (non-hydrogen) atoms. The number of nitrogens with one attached hydrogen (secondary N) is 2. The van der Waals surface area contributed by atoms with Gasteiger partial charge in [-0.2, -0.15) is 0 Å². The van der Waals surface area contributed by atoms with Gasteiger partial charge >= 0.3 is 0 Å². The van der Waals surface area contributed by atoms with E-state index in [-0.39, 0.29) is 30.2 Å². The Labute approximate surface area is 166 Å². The van der Waals surface area contributed by atoms with Gasteiger partial charge in [0.25, 0.3) is 5.56 Å². The molecule has 2 N–H and O–H groups in total. The fraction of sp³-hybridized carbons (Fsp3) is 0.0952. The van der Waals surface area contributed by atoms with Crippen LogP contribution in [-0.2, 0) is 9.59 Å². The van der Waals surface area contributed by atoms with Gasteiger partial charge in [-0.05, 0) is 54.6 Å². The lowest BCUT2D eigenvalue weighted by Gasteiger charge is -2.08. The number of halogens is 1. The lowest BCUT2D eigenvalue weighted by molar-refractivity contribution is -0.121. The molecular formula is C21H18ClN3O3. The van der Waals surface area contributed by atoms with Crippen LogP contribution in [0.1, 0.15) is 12.8 Å². The highest BCUT2D eigenvalue weighted by Crippen LogP contribution is 2.15. The van der Waals surface area contributed by atoms with E-state index in [0.717, 1.165) is 0 Å². The van der Waals surface area contributed by atoms with Crippen LogP contribution in [0.5, 0.6) is 0 Å². The van der Waals surface area contributed by atoms with Crippen LogP contribution in [0.15, 0.2) is 77.7 Å². The Balaban J connectivity index is 1.50. The molecule has 142 valence electrons. The Bertz CT molecular complexity index is 1030. The van der Waals surface area contributed by atoms with Crippen molar-refractivity contribution in [1.82, 2.24) is 4.57 Å². The molecule has 6 nitrogen and oxygen atoms in total. The maximum Gasteiger partial charge on any atom is 0.255 e. The standard InChI is InChI=1S/C21H18ClN3O3/c22-15-4-6-16(7-5-15)23-19(26)12-13-20(27)24-17-8-10-18(11-9-17)25-14-2-1-3-21(25)28/h1-11,14H,12-13H2,(H,23,26)(H,24,27). The van der Waals surface area contributed by atoms with Crippen molar-refractivity contribution < 1.29 is 9.59 Å². The molecule has 2 amide bonds. The third-order valence-corrected chi connectivity index (χ3v) is 4.21. The van der Waals surface area contributed by atoms with E-state index < -0.39 is 0 Å². The molecule has 0 aliphatic heterocycles. The number of carbonyl (C=O) groups excluding carboxylic acids is 2. The Morgan fingerprint density at radius 3 is 1.86 bits per heavy atom. The SMILES string of the molecule is O=C(CCC(=O)Nc1ccc(-n2ccccc2=O)cc1)Nc1ccc(Cl)cc1. The van der Waals surface area contributed by atoms with Crippen molar-refractivity contribution in [3.63, 3.8) is 0 Å². The van der Waals surface area contributed by atoms with E-state index in [1.165, 1.54) is 10.6 Å². The van der Waals surface area contributed by atoms with E-state index >= 15 is 0 Å². The Kier molecular flexibility index (Phi) is 6.24. The van der Waals surface area contributed by atoms with Crippen LogP contribution < -0.4 is 16.2 Å². The minimum Gasteiger partial charge on any atom is -0.326 e. The van der Waals surface area contributed by atoms with Crippen molar-refractivity contribution in [2.45, 2.75) is 12.8 Å². The first-order chi connectivity index (χ1) is 13.5. The monoisotopic (exact) mass is 395 g/mol. The largest absolute Gasteiger partial charge is 0.326 e. The summed E-state index contributed by atoms with van der Waals surface area (Å²) in [7, 11) is 0. The van der Waals surface area contributed by atoms with Gasteiger partial charge in [0.1, 0.15) is 0 Å². The third kappa shape index (κ3) is 5.31. The topological polar surface area (TPSA) is 80.2 Å². The molecule has 0 saturated carbocycles. The Hall–Kier alpha value is -3.38. The third-order valence-electron chi connectivity index (χ3n) is 3.96. The first-order valence-electron chi connectivity index (χ1n) is 8.65. The maximum absolute atomic E-state index is 12.1. The van der Waals surface area contributed by atoms with Gasteiger partial charge in [0.05, 0.1) is 0 Å². The minimum atomic E-state index is -0.268. The number of nitrogens with zero attached hydrogens (tertiary/aromatic N) is 1. The summed E-state index contributed by atoms with van der Waals surface area (Å²) >= 11 is 5.80. The predicted molar refractivity (Wildman–Crippen MR) is 110 cm³/mol. The molecule has 0 unspecified atom stereocenters. The zero-order valence-electron chi connectivity index (χ0n) is 14.9. The second-order valence-electron chi connectivity index (χ2n) is 6.06. The highest BCUT2D eigenvalue weighted by Gasteiger charge is 2.08. The molecule has 0 radical (unpaired) electrons. The zero-order valence-corrected chi connectivity index (χ0v) is 15.6. The molecule has 0 spiro atoms. The van der Waals surface area contributed by atoms with Crippen molar-refractivity contribution in [3.8, 4) is 5.69 Å². The van der Waals surface area contributed by atoms with Crippen molar-refractivity contribution >= 4 is 34.8 Å². The molecule has 3 rings (SSSR count). The molecule has 0 fully saturated rings. The number of hydrogen-bond donors (Lipinski definition) is 2. The summed E-state index contributed by atoms with van der Waals surface area (Å²) in [5.41, 5.74) is 1.79. The summed E-state index contributed by atoms with van der Waals surface area (Å²) in [5.74, 6) is -0.521. The van der Waals surface area contributed by atoms with E-state index in [1.54, 1.807) is 66.9 Å². The normalized spacial score (nSPS) is 10.3. The molecule has 0 aliphatic rings. The summed E-state index contributed by atoms with van der Waals surface area (Å²) in [6.07, 6.45) is 1.79. The van der Waals surface area contributed by atoms with Crippen molar-refractivity contribution in [1.29, 1.82) is 0 Å². The van der Waals surface area contributed by atoms with Crippen LogP contribution in [0.4, 0.5) is 11.4 Å². The highest BCUT2D eigenvalue weighted by atomic mass is 35.5. The number of benzene rings is 2. The van der Waals surface area contributed by atoms with E-state index in [1.807, 2.05) is 0 Å². The Morgan fingerprint density at radius 2 is 1.32 bits per heavy atom. The molecule has 0 aliphatic carbocycles. The maximum atomic E-state index is 12.1. The number of hydrogen-bond acceptors (Lipinski definition) is 3. The van der Waals surface area contributed by atoms with Crippen LogP contribution in [-0.4, -0.2) is 16.4 Å². The average molecular weight is 396 g/mol. The molecule has 0 bridgehead atoms. The molecule has 3 aromatic rings. The van der Waals surface area contributed by atoms with E-state index in [2.05, 4.69) is 10.6 Å². The number of anilines is 2. The van der Waals surface area contributed by atoms with E-state index in [9.17, 15) is 14.4 Å². The number of pyridine rings is 1. The van der Waals surface area contributed by atoms with Crippen molar-refractivity contribution in [2.75, 3.05) is 10.6 Å². The first-order valence-corrected chi connectivity index (χ1v) is 9.02. The van der Waals surface area contributed by atoms with Crippen LogP contribution >= 0.6 is 11.6 Å². The van der Waals surface area contributed by atoms with Crippen LogP contribution in [0.3, 0.4) is 0 Å². The number of amides is 2. The second-order valence-corrected chi connectivity index (χ2v) is 6.50. The molecule has 1 heterocycles.